The molecular weight excluding hydrogens is 254 g/mol. The lowest BCUT2D eigenvalue weighted by molar-refractivity contribution is 0.102. The third-order valence-electron chi connectivity index (χ3n) is 1.96. The number of anilines is 1. The van der Waals surface area contributed by atoms with Crippen molar-refractivity contribution in [1.29, 1.82) is 0 Å². The summed E-state index contributed by atoms with van der Waals surface area (Å²) in [7, 11) is 0. The molecule has 6 heteroatoms. The predicted molar refractivity (Wildman–Crippen MR) is 71.2 cm³/mol. The molecule has 0 radical (unpaired) electrons. The lowest BCUT2D eigenvalue weighted by Crippen LogP contribution is -2.11. The van der Waals surface area contributed by atoms with Crippen molar-refractivity contribution in [2.24, 2.45) is 4.99 Å². The van der Waals surface area contributed by atoms with Crippen molar-refractivity contribution in [1.82, 2.24) is 4.98 Å². The monoisotopic (exact) mass is 261 g/mol. The van der Waals surface area contributed by atoms with Crippen LogP contribution in [-0.2, 0) is 0 Å². The zero-order valence-electron chi connectivity index (χ0n) is 8.58. The number of nitrogens with zero attached hydrogens (tertiary/aromatic N) is 2. The Hall–Kier alpha value is -1.88. The molecule has 0 aliphatic heterocycles. The summed E-state index contributed by atoms with van der Waals surface area (Å²) in [6.45, 7) is 0. The highest BCUT2D eigenvalue weighted by atomic mass is 32.1. The van der Waals surface area contributed by atoms with Gasteiger partial charge in [-0.3, -0.25) is 4.79 Å². The first kappa shape index (κ1) is 11.6. The van der Waals surface area contributed by atoms with Crippen molar-refractivity contribution in [2.45, 2.75) is 0 Å². The number of aliphatic imine (C=N–C) groups is 1. The van der Waals surface area contributed by atoms with E-state index >= 15 is 0 Å². The van der Waals surface area contributed by atoms with E-state index in [0.29, 0.717) is 17.1 Å². The average Bonchev–Trinajstić information content (AvgIpc) is 2.86. The van der Waals surface area contributed by atoms with E-state index in [1.54, 1.807) is 35.2 Å². The number of hydrogen-bond donors (Lipinski definition) is 1. The van der Waals surface area contributed by atoms with Crippen LogP contribution in [0.1, 0.15) is 10.5 Å². The summed E-state index contributed by atoms with van der Waals surface area (Å²) in [5, 5.41) is 6.70. The van der Waals surface area contributed by atoms with Crippen LogP contribution in [0.25, 0.3) is 0 Å². The van der Waals surface area contributed by atoms with Gasteiger partial charge in [-0.25, -0.2) is 4.98 Å². The maximum absolute atomic E-state index is 11.7. The first-order valence-electron chi connectivity index (χ1n) is 4.67. The molecule has 0 saturated heterocycles. The van der Waals surface area contributed by atoms with Gasteiger partial charge in [-0.15, -0.1) is 11.3 Å². The summed E-state index contributed by atoms with van der Waals surface area (Å²) in [4.78, 5) is 19.4. The van der Waals surface area contributed by atoms with Gasteiger partial charge >= 0.3 is 0 Å². The van der Waals surface area contributed by atoms with Gasteiger partial charge in [0.05, 0.1) is 16.4 Å². The van der Waals surface area contributed by atoms with Crippen LogP contribution in [0.4, 0.5) is 11.4 Å². The van der Waals surface area contributed by atoms with Gasteiger partial charge in [0.2, 0.25) is 0 Å². The third kappa shape index (κ3) is 3.04. The summed E-state index contributed by atoms with van der Waals surface area (Å²) in [6.07, 6.45) is 0. The standard InChI is InChI=1S/C11H7N3OS2/c15-11(10-5-17-7-13-10)14-9-3-1-8(2-4-9)12-6-16/h1-5,7H,(H,14,15). The summed E-state index contributed by atoms with van der Waals surface area (Å²) < 4.78 is 0. The highest BCUT2D eigenvalue weighted by Gasteiger charge is 2.07. The Kier molecular flexibility index (Phi) is 3.72. The first-order valence-corrected chi connectivity index (χ1v) is 6.02. The van der Waals surface area contributed by atoms with E-state index in [4.69, 9.17) is 0 Å². The highest BCUT2D eigenvalue weighted by molar-refractivity contribution is 7.78. The number of rotatable bonds is 3. The number of nitrogens with one attached hydrogen (secondary N) is 1. The number of amides is 1. The predicted octanol–water partition coefficient (Wildman–Crippen LogP) is 3.13. The fourth-order valence-electron chi connectivity index (χ4n) is 1.19. The number of benzene rings is 1. The van der Waals surface area contributed by atoms with Crippen LogP contribution in [0.3, 0.4) is 0 Å². The van der Waals surface area contributed by atoms with Crippen molar-refractivity contribution >= 4 is 46.0 Å². The maximum atomic E-state index is 11.7. The molecule has 1 aromatic carbocycles. The zero-order chi connectivity index (χ0) is 12.1. The minimum absolute atomic E-state index is 0.225. The molecule has 0 saturated carbocycles. The molecule has 2 rings (SSSR count). The van der Waals surface area contributed by atoms with Gasteiger partial charge in [0.1, 0.15) is 5.69 Å². The van der Waals surface area contributed by atoms with Gasteiger partial charge in [-0.05, 0) is 36.5 Å². The van der Waals surface area contributed by atoms with Gasteiger partial charge in [-0.1, -0.05) is 0 Å². The van der Waals surface area contributed by atoms with E-state index in [1.807, 2.05) is 0 Å². The molecule has 0 unspecified atom stereocenters. The van der Waals surface area contributed by atoms with Crippen molar-refractivity contribution in [3.05, 3.63) is 40.8 Å². The minimum Gasteiger partial charge on any atom is -0.321 e. The van der Waals surface area contributed by atoms with E-state index < -0.39 is 0 Å². The molecule has 2 aromatic rings. The molecule has 0 atom stereocenters. The lowest BCUT2D eigenvalue weighted by Gasteiger charge is -2.02. The molecule has 1 aromatic heterocycles. The van der Waals surface area contributed by atoms with Crippen LogP contribution in [-0.4, -0.2) is 16.1 Å². The van der Waals surface area contributed by atoms with Gasteiger partial charge in [0, 0.05) is 11.1 Å². The third-order valence-corrected chi connectivity index (χ3v) is 2.64. The van der Waals surface area contributed by atoms with Gasteiger partial charge in [-0.2, -0.15) is 4.99 Å². The van der Waals surface area contributed by atoms with Crippen LogP contribution in [0.15, 0.2) is 40.1 Å². The largest absolute Gasteiger partial charge is 0.321 e. The quantitative estimate of drug-likeness (QED) is 0.682. The molecule has 0 spiro atoms. The Morgan fingerprint density at radius 2 is 2.18 bits per heavy atom. The average molecular weight is 261 g/mol. The molecule has 1 heterocycles. The van der Waals surface area contributed by atoms with Crippen LogP contribution >= 0.6 is 23.6 Å². The van der Waals surface area contributed by atoms with Crippen molar-refractivity contribution in [2.75, 3.05) is 5.32 Å². The minimum atomic E-state index is -0.225. The van der Waals surface area contributed by atoms with E-state index in [9.17, 15) is 4.79 Å². The number of aromatic nitrogens is 1. The maximum Gasteiger partial charge on any atom is 0.275 e. The van der Waals surface area contributed by atoms with Crippen LogP contribution in [0.5, 0.6) is 0 Å². The number of carbonyl (C=O) groups excluding carboxylic acids is 1. The second-order valence-corrected chi connectivity index (χ2v) is 3.98. The SMILES string of the molecule is O=C(Nc1ccc(N=C=S)cc1)c1cscn1. The molecule has 0 aliphatic rings. The lowest BCUT2D eigenvalue weighted by atomic mass is 10.3. The molecule has 17 heavy (non-hydrogen) atoms. The molecule has 0 bridgehead atoms. The molecule has 84 valence electrons. The van der Waals surface area contributed by atoms with Crippen LogP contribution < -0.4 is 5.32 Å². The van der Waals surface area contributed by atoms with Crippen molar-refractivity contribution < 1.29 is 4.79 Å². The van der Waals surface area contributed by atoms with E-state index in [-0.39, 0.29) is 5.91 Å². The zero-order valence-corrected chi connectivity index (χ0v) is 10.2. The molecule has 1 amide bonds. The Balaban J connectivity index is 2.09. The number of thiocarbonyl (C=S) groups is 1. The molecule has 0 fully saturated rings. The number of thiazole rings is 1. The smallest absolute Gasteiger partial charge is 0.275 e. The fourth-order valence-corrected chi connectivity index (χ4v) is 1.83. The molecular formula is C11H7N3OS2. The molecule has 0 aliphatic carbocycles. The van der Waals surface area contributed by atoms with Gasteiger partial charge < -0.3 is 5.32 Å². The van der Waals surface area contributed by atoms with E-state index in [1.165, 1.54) is 11.3 Å². The molecule has 4 nitrogen and oxygen atoms in total. The number of carbonyl (C=O) groups is 1. The second kappa shape index (κ2) is 5.45. The normalized spacial score (nSPS) is 9.41. The topological polar surface area (TPSA) is 54.4 Å². The number of isothiocyanates is 1. The Labute approximate surface area is 107 Å². The second-order valence-electron chi connectivity index (χ2n) is 3.08. The first-order chi connectivity index (χ1) is 8.29. The van der Waals surface area contributed by atoms with Crippen molar-refractivity contribution in [3.63, 3.8) is 0 Å². The Morgan fingerprint density at radius 3 is 2.76 bits per heavy atom. The van der Waals surface area contributed by atoms with E-state index in [0.717, 1.165) is 0 Å². The Bertz CT molecular complexity index is 557. The summed E-state index contributed by atoms with van der Waals surface area (Å²) in [5.41, 5.74) is 3.42. The summed E-state index contributed by atoms with van der Waals surface area (Å²) in [6, 6.07) is 6.98. The van der Waals surface area contributed by atoms with Crippen LogP contribution in [0.2, 0.25) is 0 Å². The van der Waals surface area contributed by atoms with Crippen LogP contribution in [0, 0.1) is 0 Å². The summed E-state index contributed by atoms with van der Waals surface area (Å²) >= 11 is 5.88. The van der Waals surface area contributed by atoms with Gasteiger partial charge in [0.25, 0.3) is 5.91 Å². The number of hydrogen-bond acceptors (Lipinski definition) is 5. The van der Waals surface area contributed by atoms with E-state index in [2.05, 4.69) is 32.7 Å². The molecule has 1 N–H and O–H groups in total. The van der Waals surface area contributed by atoms with Crippen molar-refractivity contribution in [3.8, 4) is 0 Å². The fraction of sp³-hybridized carbons (Fsp3) is 0. The Morgan fingerprint density at radius 1 is 1.41 bits per heavy atom. The highest BCUT2D eigenvalue weighted by Crippen LogP contribution is 2.16. The van der Waals surface area contributed by atoms with Gasteiger partial charge in [0.15, 0.2) is 0 Å². The summed E-state index contributed by atoms with van der Waals surface area (Å²) in [5.74, 6) is -0.225.